The molecule has 6 N–H and O–H groups in total. The Balaban J connectivity index is 1.21. The van der Waals surface area contributed by atoms with Crippen LogP contribution in [0.4, 0.5) is 34.6 Å². The molecule has 1 saturated carbocycles. The minimum absolute atomic E-state index is 0.376. The Morgan fingerprint density at radius 1 is 1.00 bits per heavy atom. The van der Waals surface area contributed by atoms with Crippen molar-refractivity contribution in [3.8, 4) is 0 Å². The van der Waals surface area contributed by atoms with Crippen LogP contribution in [0.15, 0.2) is 18.3 Å². The van der Waals surface area contributed by atoms with Gasteiger partial charge in [-0.15, -0.1) is 5.10 Å². The van der Waals surface area contributed by atoms with Gasteiger partial charge in [0.2, 0.25) is 5.95 Å². The number of nitrogen functional groups attached to an aromatic ring is 2. The van der Waals surface area contributed by atoms with Crippen molar-refractivity contribution in [1.29, 1.82) is 0 Å². The predicted octanol–water partition coefficient (Wildman–Crippen LogP) is 2.48. The molecule has 0 bridgehead atoms. The van der Waals surface area contributed by atoms with Gasteiger partial charge >= 0.3 is 0 Å². The van der Waals surface area contributed by atoms with Gasteiger partial charge < -0.3 is 31.9 Å². The number of rotatable bonds is 6. The predicted molar refractivity (Wildman–Crippen MR) is 145 cm³/mol. The molecule has 3 aromatic rings. The third kappa shape index (κ3) is 4.70. The van der Waals surface area contributed by atoms with E-state index in [9.17, 15) is 0 Å². The van der Waals surface area contributed by atoms with Crippen molar-refractivity contribution in [1.82, 2.24) is 29.4 Å². The van der Waals surface area contributed by atoms with E-state index in [1.54, 1.807) is 10.7 Å². The Bertz CT molecular complexity index is 1240. The molecule has 36 heavy (non-hydrogen) atoms. The van der Waals surface area contributed by atoms with E-state index in [2.05, 4.69) is 47.4 Å². The number of anilines is 6. The first-order chi connectivity index (χ1) is 17.4. The summed E-state index contributed by atoms with van der Waals surface area (Å²) in [5.74, 6) is 1.47. The average molecular weight is 512 g/mol. The van der Waals surface area contributed by atoms with Gasteiger partial charge in [0.25, 0.3) is 0 Å². The first-order valence-electron chi connectivity index (χ1n) is 12.8. The molecule has 3 fully saturated rings. The molecule has 1 aromatic carbocycles. The van der Waals surface area contributed by atoms with Gasteiger partial charge in [-0.3, -0.25) is 4.90 Å². The number of benzene rings is 1. The van der Waals surface area contributed by atoms with Crippen molar-refractivity contribution >= 4 is 51.9 Å². The normalized spacial score (nSPS) is 20.2. The number of fused-ring (bicyclic) bond motifs is 1. The minimum atomic E-state index is 0.376. The van der Waals surface area contributed by atoms with E-state index in [0.29, 0.717) is 51.7 Å². The lowest BCUT2D eigenvalue weighted by molar-refractivity contribution is 0.115. The molecule has 3 aliphatic rings. The standard InChI is InChI=1S/C24H34ClN11/c1-33-6-4-17(5-7-33)34-8-10-35(11-9-34)19-13-15(26)12-18(21(19)25)30-24-31-22(29-16-2-3-16)23-28-14-20(27)36(23)32-24/h12-14,16-17H,2-11,26-27H2,1H3,(H2,29,30,31,32). The quantitative estimate of drug-likeness (QED) is 0.366. The largest absolute Gasteiger partial charge is 0.399 e. The van der Waals surface area contributed by atoms with Crippen molar-refractivity contribution in [3.63, 3.8) is 0 Å². The summed E-state index contributed by atoms with van der Waals surface area (Å²) >= 11 is 6.93. The first-order valence-corrected chi connectivity index (χ1v) is 13.1. The summed E-state index contributed by atoms with van der Waals surface area (Å²) in [7, 11) is 2.21. The summed E-state index contributed by atoms with van der Waals surface area (Å²) in [5.41, 5.74) is 15.3. The Morgan fingerprint density at radius 2 is 1.75 bits per heavy atom. The summed E-state index contributed by atoms with van der Waals surface area (Å²) in [6, 6.07) is 4.86. The number of piperidine rings is 1. The Kier molecular flexibility index (Phi) is 6.14. The second kappa shape index (κ2) is 9.45. The Labute approximate surface area is 215 Å². The van der Waals surface area contributed by atoms with Crippen molar-refractivity contribution in [2.45, 2.75) is 37.8 Å². The highest BCUT2D eigenvalue weighted by molar-refractivity contribution is 6.36. The van der Waals surface area contributed by atoms with Gasteiger partial charge in [0, 0.05) is 44.0 Å². The number of nitrogens with one attached hydrogen (secondary N) is 2. The number of aromatic nitrogens is 4. The van der Waals surface area contributed by atoms with Gasteiger partial charge in [-0.25, -0.2) is 4.98 Å². The molecule has 1 aliphatic carbocycles. The van der Waals surface area contributed by atoms with Crippen LogP contribution < -0.4 is 27.0 Å². The van der Waals surface area contributed by atoms with E-state index in [4.69, 9.17) is 23.1 Å². The Morgan fingerprint density at radius 3 is 2.47 bits per heavy atom. The van der Waals surface area contributed by atoms with Crippen LogP contribution in [0.5, 0.6) is 0 Å². The molecular formula is C24H34ClN11. The van der Waals surface area contributed by atoms with Gasteiger partial charge in [0.1, 0.15) is 5.82 Å². The number of halogens is 1. The number of likely N-dealkylation sites (tertiary alicyclic amines) is 1. The number of nitrogens with zero attached hydrogens (tertiary/aromatic N) is 7. The third-order valence-electron chi connectivity index (χ3n) is 7.49. The fourth-order valence-electron chi connectivity index (χ4n) is 5.23. The molecule has 2 saturated heterocycles. The number of hydrogen-bond acceptors (Lipinski definition) is 10. The summed E-state index contributed by atoms with van der Waals surface area (Å²) in [4.78, 5) is 16.4. The molecule has 0 unspecified atom stereocenters. The highest BCUT2D eigenvalue weighted by atomic mass is 35.5. The van der Waals surface area contributed by atoms with E-state index < -0.39 is 0 Å². The molecule has 2 aliphatic heterocycles. The van der Waals surface area contributed by atoms with Crippen LogP contribution in [-0.2, 0) is 0 Å². The zero-order valence-electron chi connectivity index (χ0n) is 20.6. The van der Waals surface area contributed by atoms with E-state index in [-0.39, 0.29) is 0 Å². The van der Waals surface area contributed by atoms with Crippen LogP contribution >= 0.6 is 11.6 Å². The van der Waals surface area contributed by atoms with Crippen LogP contribution in [0.2, 0.25) is 5.02 Å². The highest BCUT2D eigenvalue weighted by Crippen LogP contribution is 2.38. The van der Waals surface area contributed by atoms with Crippen molar-refractivity contribution < 1.29 is 0 Å². The van der Waals surface area contributed by atoms with Crippen LogP contribution in [0, 0.1) is 0 Å². The highest BCUT2D eigenvalue weighted by Gasteiger charge is 2.28. The van der Waals surface area contributed by atoms with Gasteiger partial charge in [-0.1, -0.05) is 11.6 Å². The lowest BCUT2D eigenvalue weighted by Gasteiger charge is -2.43. The lowest BCUT2D eigenvalue weighted by atomic mass is 10.0. The van der Waals surface area contributed by atoms with E-state index in [1.165, 1.54) is 25.9 Å². The molecule has 0 radical (unpaired) electrons. The van der Waals surface area contributed by atoms with Gasteiger partial charge in [-0.05, 0) is 58.0 Å². The molecule has 0 atom stereocenters. The monoisotopic (exact) mass is 511 g/mol. The molecular weight excluding hydrogens is 478 g/mol. The smallest absolute Gasteiger partial charge is 0.247 e. The summed E-state index contributed by atoms with van der Waals surface area (Å²) in [6.07, 6.45) is 6.30. The Hall–Kier alpha value is -3.02. The first kappa shape index (κ1) is 23.4. The number of nitrogens with two attached hydrogens (primary N) is 2. The van der Waals surface area contributed by atoms with Crippen molar-refractivity contribution in [3.05, 3.63) is 23.4 Å². The maximum Gasteiger partial charge on any atom is 0.247 e. The maximum absolute atomic E-state index is 6.93. The van der Waals surface area contributed by atoms with Crippen molar-refractivity contribution in [2.24, 2.45) is 0 Å². The van der Waals surface area contributed by atoms with Crippen LogP contribution in [0.25, 0.3) is 5.65 Å². The van der Waals surface area contributed by atoms with E-state index in [1.807, 2.05) is 12.1 Å². The molecule has 11 nitrogen and oxygen atoms in total. The third-order valence-corrected chi connectivity index (χ3v) is 7.89. The average Bonchev–Trinajstić information content (AvgIpc) is 3.62. The molecule has 4 heterocycles. The van der Waals surface area contributed by atoms with E-state index >= 15 is 0 Å². The molecule has 192 valence electrons. The van der Waals surface area contributed by atoms with E-state index in [0.717, 1.165) is 44.7 Å². The van der Waals surface area contributed by atoms with Crippen molar-refractivity contribution in [2.75, 3.05) is 73.3 Å². The molecule has 2 aromatic heterocycles. The summed E-state index contributed by atoms with van der Waals surface area (Å²) in [5, 5.41) is 11.8. The molecule has 0 spiro atoms. The number of imidazole rings is 1. The fraction of sp³-hybridized carbons (Fsp3) is 0.542. The second-order valence-electron chi connectivity index (χ2n) is 10.2. The number of hydrogen-bond donors (Lipinski definition) is 4. The van der Waals surface area contributed by atoms with Gasteiger partial charge in [0.15, 0.2) is 11.5 Å². The maximum atomic E-state index is 6.93. The molecule has 12 heteroatoms. The SMILES string of the molecule is CN1CCC(N2CCN(c3cc(N)cc(Nc4nc(NC5CC5)c5ncc(N)n5n4)c3Cl)CC2)CC1. The minimum Gasteiger partial charge on any atom is -0.399 e. The zero-order valence-corrected chi connectivity index (χ0v) is 21.4. The fourth-order valence-corrected chi connectivity index (χ4v) is 5.51. The van der Waals surface area contributed by atoms with Gasteiger partial charge in [0.05, 0.1) is 22.6 Å². The van der Waals surface area contributed by atoms with Crippen LogP contribution in [-0.4, -0.2) is 87.8 Å². The zero-order chi connectivity index (χ0) is 24.8. The summed E-state index contributed by atoms with van der Waals surface area (Å²) in [6.45, 7) is 6.24. The van der Waals surface area contributed by atoms with Gasteiger partial charge in [-0.2, -0.15) is 9.50 Å². The lowest BCUT2D eigenvalue weighted by Crippen LogP contribution is -2.53. The molecule has 0 amide bonds. The van der Waals surface area contributed by atoms with Crippen LogP contribution in [0.3, 0.4) is 0 Å². The summed E-state index contributed by atoms with van der Waals surface area (Å²) < 4.78 is 1.59. The molecule has 6 rings (SSSR count). The topological polar surface area (TPSA) is 129 Å². The number of piperazine rings is 1. The van der Waals surface area contributed by atoms with Crippen LogP contribution in [0.1, 0.15) is 25.7 Å². The second-order valence-corrected chi connectivity index (χ2v) is 10.6.